The van der Waals surface area contributed by atoms with Gasteiger partial charge in [0.2, 0.25) is 21.5 Å². The van der Waals surface area contributed by atoms with Gasteiger partial charge in [0.1, 0.15) is 0 Å². The van der Waals surface area contributed by atoms with Crippen LogP contribution < -0.4 is 10.3 Å². The van der Waals surface area contributed by atoms with Crippen LogP contribution in [0.15, 0.2) is 40.0 Å². The lowest BCUT2D eigenvalue weighted by Crippen LogP contribution is -2.43. The highest BCUT2D eigenvalue weighted by molar-refractivity contribution is 7.89. The van der Waals surface area contributed by atoms with E-state index >= 15 is 0 Å². The lowest BCUT2D eigenvalue weighted by atomic mass is 9.92. The molecule has 7 nitrogen and oxygen atoms in total. The number of amides is 1. The number of rotatable bonds is 5. The highest BCUT2D eigenvalue weighted by Gasteiger charge is 2.25. The molecule has 0 bridgehead atoms. The lowest BCUT2D eigenvalue weighted by molar-refractivity contribution is -0.133. The molecule has 146 valence electrons. The summed E-state index contributed by atoms with van der Waals surface area (Å²) in [6.07, 6.45) is 1.25. The van der Waals surface area contributed by atoms with Crippen LogP contribution in [0.1, 0.15) is 26.7 Å². The summed E-state index contributed by atoms with van der Waals surface area (Å²) in [4.78, 5) is 28.3. The van der Waals surface area contributed by atoms with Crippen LogP contribution in [0.4, 0.5) is 0 Å². The zero-order chi connectivity index (χ0) is 19.6. The average Bonchev–Trinajstić information content (AvgIpc) is 2.60. The number of carbonyl (C=O) groups excluding carboxylic acids is 1. The number of nitrogens with one attached hydrogen (secondary N) is 2. The van der Waals surface area contributed by atoms with E-state index in [1.54, 1.807) is 12.1 Å². The van der Waals surface area contributed by atoms with Crippen molar-refractivity contribution in [2.45, 2.75) is 31.6 Å². The molecule has 1 fully saturated rings. The Balaban J connectivity index is 1.62. The quantitative estimate of drug-likeness (QED) is 0.810. The summed E-state index contributed by atoms with van der Waals surface area (Å²) in [6.45, 7) is 5.79. The number of benzene rings is 1. The Morgan fingerprint density at radius 2 is 1.89 bits per heavy atom. The summed E-state index contributed by atoms with van der Waals surface area (Å²) in [5.74, 6) is 0.920. The molecule has 8 heteroatoms. The van der Waals surface area contributed by atoms with E-state index in [1.165, 1.54) is 18.2 Å². The first-order valence-electron chi connectivity index (χ1n) is 9.15. The highest BCUT2D eigenvalue weighted by Crippen LogP contribution is 2.21. The molecule has 27 heavy (non-hydrogen) atoms. The predicted molar refractivity (Wildman–Crippen MR) is 104 cm³/mol. The van der Waals surface area contributed by atoms with E-state index in [0.717, 1.165) is 19.5 Å². The molecule has 0 radical (unpaired) electrons. The summed E-state index contributed by atoms with van der Waals surface area (Å²) in [6, 6.07) is 7.44. The number of pyridine rings is 1. The van der Waals surface area contributed by atoms with Crippen LogP contribution in [0, 0.1) is 11.8 Å². The van der Waals surface area contributed by atoms with Gasteiger partial charge in [-0.05, 0) is 47.9 Å². The number of likely N-dealkylation sites (tertiary alicyclic amines) is 1. The fraction of sp³-hybridized carbons (Fsp3) is 0.474. The molecule has 2 heterocycles. The lowest BCUT2D eigenvalue weighted by Gasteiger charge is -2.35. The molecule has 0 unspecified atom stereocenters. The number of carbonyl (C=O) groups is 1. The van der Waals surface area contributed by atoms with Crippen molar-refractivity contribution in [1.29, 1.82) is 0 Å². The second-order valence-electron chi connectivity index (χ2n) is 7.46. The molecular formula is C19H25N3O4S. The molecule has 1 saturated heterocycles. The molecule has 3 rings (SSSR count). The SMILES string of the molecule is C[C@@H]1C[C@H](C)CN(C(=O)CCNS(=O)(=O)c2ccc3[nH]c(=O)ccc3c2)C1. The maximum atomic E-state index is 12.5. The summed E-state index contributed by atoms with van der Waals surface area (Å²) in [5.41, 5.74) is 0.334. The predicted octanol–water partition coefficient (Wildman–Crippen LogP) is 1.70. The van der Waals surface area contributed by atoms with Crippen LogP contribution in [0.3, 0.4) is 0 Å². The summed E-state index contributed by atoms with van der Waals surface area (Å²) in [5, 5.41) is 0.629. The van der Waals surface area contributed by atoms with E-state index in [1.807, 2.05) is 4.90 Å². The Bertz CT molecular complexity index is 989. The maximum absolute atomic E-state index is 12.5. The molecule has 2 atom stereocenters. The Labute approximate surface area is 158 Å². The normalized spacial score (nSPS) is 20.7. The summed E-state index contributed by atoms with van der Waals surface area (Å²) in [7, 11) is -3.72. The van der Waals surface area contributed by atoms with E-state index in [-0.39, 0.29) is 29.3 Å². The first kappa shape index (κ1) is 19.6. The molecule has 2 aromatic rings. The summed E-state index contributed by atoms with van der Waals surface area (Å²) < 4.78 is 27.5. The molecule has 1 aliphatic rings. The second-order valence-corrected chi connectivity index (χ2v) is 9.23. The number of hydrogen-bond acceptors (Lipinski definition) is 4. The van der Waals surface area contributed by atoms with E-state index < -0.39 is 10.0 Å². The van der Waals surface area contributed by atoms with Crippen LogP contribution in [0.5, 0.6) is 0 Å². The molecule has 0 spiro atoms. The number of aromatic nitrogens is 1. The van der Waals surface area contributed by atoms with Crippen LogP contribution >= 0.6 is 0 Å². The fourth-order valence-corrected chi connectivity index (χ4v) is 4.77. The van der Waals surface area contributed by atoms with Crippen molar-refractivity contribution in [2.24, 2.45) is 11.8 Å². The number of sulfonamides is 1. The minimum Gasteiger partial charge on any atom is -0.342 e. The van der Waals surface area contributed by atoms with Crippen molar-refractivity contribution in [3.63, 3.8) is 0 Å². The number of fused-ring (bicyclic) bond motifs is 1. The van der Waals surface area contributed by atoms with Gasteiger partial charge in [0.25, 0.3) is 0 Å². The van der Waals surface area contributed by atoms with Gasteiger partial charge < -0.3 is 9.88 Å². The Morgan fingerprint density at radius 3 is 2.59 bits per heavy atom. The van der Waals surface area contributed by atoms with Gasteiger partial charge in [0, 0.05) is 37.6 Å². The molecule has 1 aliphatic heterocycles. The highest BCUT2D eigenvalue weighted by atomic mass is 32.2. The second kappa shape index (κ2) is 7.82. The van der Waals surface area contributed by atoms with Gasteiger partial charge >= 0.3 is 0 Å². The third-order valence-electron chi connectivity index (χ3n) is 4.86. The van der Waals surface area contributed by atoms with Crippen molar-refractivity contribution >= 4 is 26.8 Å². The molecule has 1 aromatic carbocycles. The zero-order valence-corrected chi connectivity index (χ0v) is 16.4. The van der Waals surface area contributed by atoms with E-state index in [0.29, 0.717) is 22.7 Å². The monoisotopic (exact) mass is 391 g/mol. The zero-order valence-electron chi connectivity index (χ0n) is 15.6. The topological polar surface area (TPSA) is 99.3 Å². The molecule has 2 N–H and O–H groups in total. The van der Waals surface area contributed by atoms with Gasteiger partial charge in [0.15, 0.2) is 0 Å². The molecule has 0 aliphatic carbocycles. The first-order valence-corrected chi connectivity index (χ1v) is 10.6. The number of aromatic amines is 1. The third-order valence-corrected chi connectivity index (χ3v) is 6.32. The smallest absolute Gasteiger partial charge is 0.248 e. The molecule has 1 amide bonds. The van der Waals surface area contributed by atoms with Crippen molar-refractivity contribution in [1.82, 2.24) is 14.6 Å². The number of hydrogen-bond donors (Lipinski definition) is 2. The first-order chi connectivity index (χ1) is 12.7. The minimum absolute atomic E-state index is 0.0211. The maximum Gasteiger partial charge on any atom is 0.248 e. The van der Waals surface area contributed by atoms with Gasteiger partial charge in [-0.25, -0.2) is 13.1 Å². The third kappa shape index (κ3) is 4.75. The minimum atomic E-state index is -3.72. The Hall–Kier alpha value is -2.19. The van der Waals surface area contributed by atoms with Gasteiger partial charge in [-0.3, -0.25) is 9.59 Å². The molecular weight excluding hydrogens is 366 g/mol. The Kier molecular flexibility index (Phi) is 5.67. The van der Waals surface area contributed by atoms with Gasteiger partial charge in [0.05, 0.1) is 4.90 Å². The standard InChI is InChI=1S/C19H25N3O4S/c1-13-9-14(2)12-22(11-13)19(24)7-8-20-27(25,26)16-4-5-17-15(10-16)3-6-18(23)21-17/h3-6,10,13-14,20H,7-9,11-12H2,1-2H3,(H,21,23)/t13-,14+. The average molecular weight is 391 g/mol. The van der Waals surface area contributed by atoms with Gasteiger partial charge in [-0.15, -0.1) is 0 Å². The van der Waals surface area contributed by atoms with Crippen molar-refractivity contribution < 1.29 is 13.2 Å². The van der Waals surface area contributed by atoms with Crippen molar-refractivity contribution in [3.05, 3.63) is 40.7 Å². The van der Waals surface area contributed by atoms with Gasteiger partial charge in [-0.2, -0.15) is 0 Å². The van der Waals surface area contributed by atoms with Crippen LogP contribution in [-0.2, 0) is 14.8 Å². The molecule has 1 aromatic heterocycles. The number of H-pyrrole nitrogens is 1. The Morgan fingerprint density at radius 1 is 1.19 bits per heavy atom. The number of piperidine rings is 1. The van der Waals surface area contributed by atoms with Crippen LogP contribution in [0.25, 0.3) is 10.9 Å². The summed E-state index contributed by atoms with van der Waals surface area (Å²) >= 11 is 0. The fourth-order valence-electron chi connectivity index (χ4n) is 3.70. The van der Waals surface area contributed by atoms with E-state index in [2.05, 4.69) is 23.6 Å². The van der Waals surface area contributed by atoms with E-state index in [9.17, 15) is 18.0 Å². The van der Waals surface area contributed by atoms with Crippen molar-refractivity contribution in [2.75, 3.05) is 19.6 Å². The van der Waals surface area contributed by atoms with Crippen molar-refractivity contribution in [3.8, 4) is 0 Å². The molecule has 0 saturated carbocycles. The van der Waals surface area contributed by atoms with E-state index in [4.69, 9.17) is 0 Å². The van der Waals surface area contributed by atoms with Gasteiger partial charge in [-0.1, -0.05) is 13.8 Å². The van der Waals surface area contributed by atoms with Crippen LogP contribution in [0.2, 0.25) is 0 Å². The number of nitrogens with zero attached hydrogens (tertiary/aromatic N) is 1. The van der Waals surface area contributed by atoms with Crippen LogP contribution in [-0.4, -0.2) is 43.8 Å². The largest absolute Gasteiger partial charge is 0.342 e.